The highest BCUT2D eigenvalue weighted by Crippen LogP contribution is 2.45. The van der Waals surface area contributed by atoms with Crippen LogP contribution in [0.3, 0.4) is 0 Å². The number of nitrogens with zero attached hydrogens (tertiary/aromatic N) is 6. The molecule has 1 aliphatic rings. The molecule has 0 aromatic carbocycles. The molecule has 0 fully saturated rings. The summed E-state index contributed by atoms with van der Waals surface area (Å²) in [6, 6.07) is 2.61. The molecular weight excluding hydrogens is 412 g/mol. The molecule has 0 N–H and O–H groups in total. The van der Waals surface area contributed by atoms with E-state index in [1.807, 2.05) is 0 Å². The summed E-state index contributed by atoms with van der Waals surface area (Å²) >= 11 is 7.04. The van der Waals surface area contributed by atoms with Crippen LogP contribution in [-0.2, 0) is 5.00 Å². The van der Waals surface area contributed by atoms with Crippen LogP contribution < -0.4 is 0 Å². The average Bonchev–Trinajstić information content (AvgIpc) is 3.46. The Kier molecular flexibility index (Phi) is 8.61. The van der Waals surface area contributed by atoms with Crippen molar-refractivity contribution in [1.29, 1.82) is 0 Å². The maximum atomic E-state index is 13.4. The van der Waals surface area contributed by atoms with Crippen molar-refractivity contribution in [3.63, 3.8) is 0 Å². The molecule has 0 saturated heterocycles. The number of hydrogen-bond acceptors (Lipinski definition) is 5. The SMILES string of the molecule is CCCCCCCCCCCCCC1(C(Cl)(C(=O)n2ccnc2)n2ccnc2)N=C=N1. The van der Waals surface area contributed by atoms with Crippen molar-refractivity contribution < 1.29 is 4.79 Å². The van der Waals surface area contributed by atoms with Crippen LogP contribution in [0.4, 0.5) is 0 Å². The quantitative estimate of drug-likeness (QED) is 0.253. The van der Waals surface area contributed by atoms with E-state index in [9.17, 15) is 4.79 Å². The molecule has 0 radical (unpaired) electrons. The third-order valence-corrected chi connectivity index (χ3v) is 6.67. The van der Waals surface area contributed by atoms with Crippen molar-refractivity contribution in [2.24, 2.45) is 9.98 Å². The highest BCUT2D eigenvalue weighted by molar-refractivity contribution is 6.34. The minimum Gasteiger partial charge on any atom is -0.306 e. The van der Waals surface area contributed by atoms with Gasteiger partial charge in [-0.1, -0.05) is 82.7 Å². The van der Waals surface area contributed by atoms with Crippen LogP contribution in [0.5, 0.6) is 0 Å². The largest absolute Gasteiger partial charge is 0.306 e. The van der Waals surface area contributed by atoms with Crippen molar-refractivity contribution in [2.75, 3.05) is 0 Å². The highest BCUT2D eigenvalue weighted by Gasteiger charge is 2.60. The van der Waals surface area contributed by atoms with Crippen molar-refractivity contribution in [3.8, 4) is 0 Å². The molecule has 0 amide bonds. The van der Waals surface area contributed by atoms with Gasteiger partial charge in [-0.15, -0.1) is 0 Å². The number of carbonyl (C=O) groups is 1. The van der Waals surface area contributed by atoms with Crippen LogP contribution in [0, 0.1) is 0 Å². The maximum absolute atomic E-state index is 13.4. The maximum Gasteiger partial charge on any atom is 0.278 e. The summed E-state index contributed by atoms with van der Waals surface area (Å²) in [6.07, 6.45) is 23.7. The Balaban J connectivity index is 1.52. The minimum atomic E-state index is -1.55. The summed E-state index contributed by atoms with van der Waals surface area (Å²) in [6.45, 7) is 2.25. The second kappa shape index (κ2) is 11.4. The Morgan fingerprint density at radius 3 is 1.97 bits per heavy atom. The molecule has 0 aliphatic carbocycles. The van der Waals surface area contributed by atoms with Crippen LogP contribution in [0.15, 0.2) is 47.4 Å². The van der Waals surface area contributed by atoms with Gasteiger partial charge in [-0.2, -0.15) is 9.98 Å². The summed E-state index contributed by atoms with van der Waals surface area (Å²) in [5.41, 5.74) is -1.09. The fourth-order valence-corrected chi connectivity index (χ4v) is 4.49. The molecule has 0 spiro atoms. The smallest absolute Gasteiger partial charge is 0.278 e. The fourth-order valence-electron chi connectivity index (χ4n) is 4.11. The summed E-state index contributed by atoms with van der Waals surface area (Å²) in [7, 11) is 0. The van der Waals surface area contributed by atoms with Gasteiger partial charge < -0.3 is 4.57 Å². The Morgan fingerprint density at radius 2 is 1.48 bits per heavy atom. The Morgan fingerprint density at radius 1 is 0.903 bits per heavy atom. The minimum absolute atomic E-state index is 0.360. The van der Waals surface area contributed by atoms with Gasteiger partial charge in [-0.05, 0) is 12.8 Å². The van der Waals surface area contributed by atoms with Crippen molar-refractivity contribution >= 4 is 23.5 Å². The first-order valence-electron chi connectivity index (χ1n) is 11.5. The van der Waals surface area contributed by atoms with E-state index in [1.54, 1.807) is 29.4 Å². The van der Waals surface area contributed by atoms with Crippen LogP contribution in [0.25, 0.3) is 0 Å². The van der Waals surface area contributed by atoms with E-state index in [2.05, 4.69) is 32.9 Å². The van der Waals surface area contributed by atoms with E-state index in [0.717, 1.165) is 12.8 Å². The zero-order chi connectivity index (χ0) is 22.0. The molecule has 7 nitrogen and oxygen atoms in total. The Hall–Kier alpha value is -2.24. The number of hydrogen-bond donors (Lipinski definition) is 0. The second-order valence-corrected chi connectivity index (χ2v) is 8.84. The lowest BCUT2D eigenvalue weighted by molar-refractivity contribution is 0.0690. The first kappa shape index (κ1) is 23.4. The molecule has 1 unspecified atom stereocenters. The number of imidazole rings is 2. The van der Waals surface area contributed by atoms with Gasteiger partial charge in [0.25, 0.3) is 5.91 Å². The summed E-state index contributed by atoms with van der Waals surface area (Å²) < 4.78 is 2.96. The molecule has 168 valence electrons. The molecule has 3 rings (SSSR count). The highest BCUT2D eigenvalue weighted by atomic mass is 35.5. The van der Waals surface area contributed by atoms with Gasteiger partial charge in [0.05, 0.1) is 12.3 Å². The third kappa shape index (κ3) is 5.34. The van der Waals surface area contributed by atoms with Gasteiger partial charge in [0, 0.05) is 24.8 Å². The molecule has 1 atom stereocenters. The number of aromatic nitrogens is 4. The zero-order valence-corrected chi connectivity index (χ0v) is 19.2. The topological polar surface area (TPSA) is 77.4 Å². The molecule has 2 aromatic rings. The number of alkyl halides is 1. The predicted molar refractivity (Wildman–Crippen MR) is 123 cm³/mol. The van der Waals surface area contributed by atoms with Crippen LogP contribution in [-0.4, -0.2) is 36.7 Å². The zero-order valence-electron chi connectivity index (χ0n) is 18.4. The summed E-state index contributed by atoms with van der Waals surface area (Å²) in [5.74, 6) is -0.360. The first-order valence-corrected chi connectivity index (χ1v) is 11.9. The van der Waals surface area contributed by atoms with Crippen LogP contribution in [0.2, 0.25) is 0 Å². The Bertz CT molecular complexity index is 849. The summed E-state index contributed by atoms with van der Waals surface area (Å²) in [4.78, 5) is 28.7. The van der Waals surface area contributed by atoms with Gasteiger partial charge >= 0.3 is 0 Å². The van der Waals surface area contributed by atoms with Gasteiger partial charge in [0.1, 0.15) is 6.33 Å². The monoisotopic (exact) mass is 444 g/mol. The van der Waals surface area contributed by atoms with Crippen LogP contribution >= 0.6 is 11.6 Å². The molecule has 2 aromatic heterocycles. The number of aliphatic imine (C=N–C) groups is 2. The standard InChI is InChI=1S/C23H33ClN6O/c1-2-3-4-5-6-7-8-9-10-11-12-13-22(27-18-28-22)23(24,30-17-15-26-20-30)21(31)29-16-14-25-19-29/h14-17,19-20H,2-13H2,1H3. The van der Waals surface area contributed by atoms with E-state index in [0.29, 0.717) is 6.42 Å². The predicted octanol–water partition coefficient (Wildman–Crippen LogP) is 5.90. The number of unbranched alkanes of at least 4 members (excludes halogenated alkanes) is 10. The molecule has 1 aliphatic heterocycles. The lowest BCUT2D eigenvalue weighted by Gasteiger charge is -2.41. The van der Waals surface area contributed by atoms with E-state index >= 15 is 0 Å². The van der Waals surface area contributed by atoms with E-state index in [-0.39, 0.29) is 5.91 Å². The molecular formula is C23H33ClN6O. The first-order chi connectivity index (χ1) is 15.1. The van der Waals surface area contributed by atoms with Crippen LogP contribution in [0.1, 0.15) is 88.8 Å². The van der Waals surface area contributed by atoms with Gasteiger partial charge in [0.2, 0.25) is 10.7 Å². The lowest BCUT2D eigenvalue weighted by Crippen LogP contribution is -2.57. The molecule has 3 heterocycles. The van der Waals surface area contributed by atoms with Crippen molar-refractivity contribution in [1.82, 2.24) is 19.1 Å². The molecule has 0 saturated carbocycles. The number of carbonyl (C=O) groups excluding carboxylic acids is 1. The summed E-state index contributed by atoms with van der Waals surface area (Å²) in [5, 5.41) is 0. The van der Waals surface area contributed by atoms with Crippen molar-refractivity contribution in [3.05, 3.63) is 37.4 Å². The van der Waals surface area contributed by atoms with Gasteiger partial charge in [-0.25, -0.2) is 9.97 Å². The van der Waals surface area contributed by atoms with E-state index in [1.165, 1.54) is 75.0 Å². The van der Waals surface area contributed by atoms with E-state index in [4.69, 9.17) is 11.6 Å². The molecule has 8 heteroatoms. The van der Waals surface area contributed by atoms with Crippen molar-refractivity contribution in [2.45, 2.75) is 94.6 Å². The third-order valence-electron chi connectivity index (χ3n) is 6.01. The van der Waals surface area contributed by atoms with Gasteiger partial charge in [-0.3, -0.25) is 9.36 Å². The average molecular weight is 445 g/mol. The number of rotatable bonds is 15. The number of halogens is 1. The Labute approximate surface area is 189 Å². The second-order valence-electron chi connectivity index (χ2n) is 8.29. The lowest BCUT2D eigenvalue weighted by atomic mass is 9.90. The van der Waals surface area contributed by atoms with Gasteiger partial charge in [0.15, 0.2) is 0 Å². The van der Waals surface area contributed by atoms with E-state index < -0.39 is 10.7 Å². The molecule has 0 bridgehead atoms. The normalized spacial score (nSPS) is 16.2. The fraction of sp³-hybridized carbons (Fsp3) is 0.652. The molecule has 31 heavy (non-hydrogen) atoms.